The van der Waals surface area contributed by atoms with Crippen molar-refractivity contribution >= 4 is 57.9 Å². The van der Waals surface area contributed by atoms with Gasteiger partial charge in [-0.05, 0) is 91.5 Å². The number of rotatable bonds is 11. The number of amides is 1. The molecule has 13 heteroatoms. The molecular formula is C36H37Cl3N2O8. The second-order valence-corrected chi connectivity index (χ2v) is 11.3. The number of ether oxygens (including phenoxy) is 2. The van der Waals surface area contributed by atoms with Gasteiger partial charge in [-0.15, -0.1) is 0 Å². The first kappa shape index (κ1) is 40.6. The van der Waals surface area contributed by atoms with E-state index in [1.807, 2.05) is 0 Å². The van der Waals surface area contributed by atoms with Gasteiger partial charge in [0.2, 0.25) is 0 Å². The van der Waals surface area contributed by atoms with Gasteiger partial charge in [0, 0.05) is 6.42 Å². The molecule has 0 aliphatic carbocycles. The van der Waals surface area contributed by atoms with Gasteiger partial charge in [-0.1, -0.05) is 71.7 Å². The molecule has 0 fully saturated rings. The quantitative estimate of drug-likeness (QED) is 0.0996. The highest BCUT2D eigenvalue weighted by Gasteiger charge is 2.24. The van der Waals surface area contributed by atoms with Crippen LogP contribution < -0.4 is 11.1 Å². The lowest BCUT2D eigenvalue weighted by Gasteiger charge is -2.18. The topological polar surface area (TPSA) is 165 Å². The fourth-order valence-electron chi connectivity index (χ4n) is 4.02. The lowest BCUT2D eigenvalue weighted by Crippen LogP contribution is -2.43. The monoisotopic (exact) mass is 730 g/mol. The Labute approximate surface area is 299 Å². The third kappa shape index (κ3) is 14.6. The van der Waals surface area contributed by atoms with Crippen molar-refractivity contribution in [1.29, 1.82) is 0 Å². The number of halogens is 3. The first-order valence-corrected chi connectivity index (χ1v) is 16.1. The Morgan fingerprint density at radius 2 is 1.10 bits per heavy atom. The highest BCUT2D eigenvalue weighted by Crippen LogP contribution is 2.18. The summed E-state index contributed by atoms with van der Waals surface area (Å²) in [6, 6.07) is 24.8. The summed E-state index contributed by atoms with van der Waals surface area (Å²) in [7, 11) is 0. The number of aromatic hydroxyl groups is 2. The minimum atomic E-state index is -0.849. The molecule has 5 N–H and O–H groups in total. The molecule has 260 valence electrons. The van der Waals surface area contributed by atoms with E-state index in [4.69, 9.17) is 55.1 Å². The Balaban J connectivity index is 0.000000283. The average Bonchev–Trinajstić information content (AvgIpc) is 3.07. The van der Waals surface area contributed by atoms with Crippen LogP contribution in [0.25, 0.3) is 0 Å². The van der Waals surface area contributed by atoms with E-state index in [0.717, 1.165) is 11.1 Å². The molecule has 1 amide bonds. The molecule has 0 aromatic heterocycles. The zero-order valence-electron chi connectivity index (χ0n) is 26.8. The van der Waals surface area contributed by atoms with Crippen LogP contribution in [0, 0.1) is 0 Å². The first-order chi connectivity index (χ1) is 23.4. The van der Waals surface area contributed by atoms with E-state index in [1.165, 1.54) is 12.1 Å². The van der Waals surface area contributed by atoms with E-state index < -0.39 is 35.2 Å². The highest BCUT2D eigenvalue weighted by atomic mass is 35.5. The number of esters is 2. The van der Waals surface area contributed by atoms with Gasteiger partial charge in [0.25, 0.3) is 11.1 Å². The molecule has 2 atom stereocenters. The Morgan fingerprint density at radius 1 is 0.673 bits per heavy atom. The number of hydrogen-bond acceptors (Lipinski definition) is 9. The van der Waals surface area contributed by atoms with E-state index in [2.05, 4.69) is 5.32 Å². The largest absolute Gasteiger partial charge is 0.508 e. The van der Waals surface area contributed by atoms with Crippen molar-refractivity contribution in [2.75, 3.05) is 13.2 Å². The van der Waals surface area contributed by atoms with Gasteiger partial charge in [0.05, 0.1) is 34.4 Å². The minimum Gasteiger partial charge on any atom is -0.508 e. The van der Waals surface area contributed by atoms with Crippen molar-refractivity contribution in [3.05, 3.63) is 129 Å². The molecule has 0 aliphatic heterocycles. The van der Waals surface area contributed by atoms with Crippen LogP contribution in [0.3, 0.4) is 0 Å². The Bertz CT molecular complexity index is 1670. The smallest absolute Gasteiger partial charge is 0.328 e. The number of carbonyl (C=O) groups excluding carboxylic acids is 4. The number of carbonyl (C=O) groups is 4. The fourth-order valence-corrected chi connectivity index (χ4v) is 4.68. The van der Waals surface area contributed by atoms with Crippen LogP contribution in [0.2, 0.25) is 10.0 Å². The third-order valence-electron chi connectivity index (χ3n) is 6.44. The number of nitrogens with two attached hydrogens (primary N) is 1. The molecule has 0 radical (unpaired) electrons. The molecule has 0 saturated heterocycles. The van der Waals surface area contributed by atoms with Crippen LogP contribution in [-0.2, 0) is 31.9 Å². The normalized spacial score (nSPS) is 11.3. The summed E-state index contributed by atoms with van der Waals surface area (Å²) in [5.41, 5.74) is 7.96. The van der Waals surface area contributed by atoms with Crippen molar-refractivity contribution in [2.45, 2.75) is 38.8 Å². The second kappa shape index (κ2) is 21.4. The summed E-state index contributed by atoms with van der Waals surface area (Å²) < 4.78 is 9.82. The van der Waals surface area contributed by atoms with Gasteiger partial charge in [-0.25, -0.2) is 4.79 Å². The minimum absolute atomic E-state index is 0.131. The van der Waals surface area contributed by atoms with E-state index in [1.54, 1.807) is 98.8 Å². The lowest BCUT2D eigenvalue weighted by molar-refractivity contribution is -0.145. The molecule has 0 spiro atoms. The van der Waals surface area contributed by atoms with Crippen LogP contribution in [-0.4, -0.2) is 58.6 Å². The predicted molar refractivity (Wildman–Crippen MR) is 189 cm³/mol. The summed E-state index contributed by atoms with van der Waals surface area (Å²) in [6.07, 6.45) is 0.661. The highest BCUT2D eigenvalue weighted by molar-refractivity contribution is 6.68. The summed E-state index contributed by atoms with van der Waals surface area (Å²) in [6.45, 7) is 3.99. The van der Waals surface area contributed by atoms with Crippen LogP contribution in [0.5, 0.6) is 11.5 Å². The Kier molecular flexibility index (Phi) is 17.7. The second-order valence-electron chi connectivity index (χ2n) is 10.1. The van der Waals surface area contributed by atoms with Crippen molar-refractivity contribution in [1.82, 2.24) is 5.32 Å². The van der Waals surface area contributed by atoms with Gasteiger partial charge in [-0.3, -0.25) is 14.4 Å². The van der Waals surface area contributed by atoms with Crippen LogP contribution in [0.4, 0.5) is 0 Å². The number of nitrogens with one attached hydrogen (secondary N) is 1. The summed E-state index contributed by atoms with van der Waals surface area (Å²) in [5.74, 6) is -1.04. The number of benzene rings is 4. The van der Waals surface area contributed by atoms with Crippen molar-refractivity contribution in [3.63, 3.8) is 0 Å². The van der Waals surface area contributed by atoms with Gasteiger partial charge < -0.3 is 30.7 Å². The van der Waals surface area contributed by atoms with E-state index in [9.17, 15) is 24.3 Å². The number of phenols is 2. The number of hydrogen-bond donors (Lipinski definition) is 4. The molecule has 0 aliphatic rings. The van der Waals surface area contributed by atoms with E-state index in [0.29, 0.717) is 34.2 Å². The molecular weight excluding hydrogens is 695 g/mol. The molecule has 0 heterocycles. The van der Waals surface area contributed by atoms with E-state index in [-0.39, 0.29) is 24.5 Å². The van der Waals surface area contributed by atoms with Crippen LogP contribution >= 0.6 is 34.8 Å². The molecule has 2 unspecified atom stereocenters. The fraction of sp³-hybridized carbons (Fsp3) is 0.222. The SMILES string of the molecule is CCOC(=O)C(Cc1ccc(O)cc1)NC(=O)c1ccccc1Cl.CCOC(=O)C(N)Cc1ccc(O)cc1.O=C(Cl)c1ccccc1Cl. The van der Waals surface area contributed by atoms with Gasteiger partial charge in [-0.2, -0.15) is 0 Å². The molecule has 4 rings (SSSR count). The average molecular weight is 732 g/mol. The lowest BCUT2D eigenvalue weighted by atomic mass is 10.1. The predicted octanol–water partition coefficient (Wildman–Crippen LogP) is 6.49. The van der Waals surface area contributed by atoms with Crippen molar-refractivity contribution in [2.24, 2.45) is 5.73 Å². The number of phenolic OH excluding ortho intramolecular Hbond substituents is 2. The maximum atomic E-state index is 12.4. The van der Waals surface area contributed by atoms with Crippen LogP contribution in [0.15, 0.2) is 97.1 Å². The maximum Gasteiger partial charge on any atom is 0.328 e. The third-order valence-corrected chi connectivity index (χ3v) is 7.30. The van der Waals surface area contributed by atoms with Crippen molar-refractivity contribution < 1.29 is 38.9 Å². The standard InChI is InChI=1S/C18H18ClNO4.C11H15NO3.C7H4Cl2O/c1-2-24-18(23)16(11-12-7-9-13(21)10-8-12)20-17(22)14-5-3-4-6-15(14)19;1-2-15-11(14)10(12)7-8-3-5-9(13)6-4-8;8-6-4-2-1-3-5(6)7(9)10/h3-10,16,21H,2,11H2,1H3,(H,20,22);3-6,10,13H,2,7,12H2,1H3;1-4H. The van der Waals surface area contributed by atoms with Gasteiger partial charge >= 0.3 is 11.9 Å². The Hall–Kier alpha value is -4.61. The van der Waals surface area contributed by atoms with Crippen molar-refractivity contribution in [3.8, 4) is 11.5 Å². The maximum absolute atomic E-state index is 12.4. The summed E-state index contributed by atoms with van der Waals surface area (Å²) >= 11 is 16.8. The zero-order chi connectivity index (χ0) is 36.3. The Morgan fingerprint density at radius 3 is 1.53 bits per heavy atom. The molecule has 4 aromatic rings. The summed E-state index contributed by atoms with van der Waals surface area (Å²) in [5, 5.41) is 21.2. The molecule has 0 bridgehead atoms. The molecule has 4 aromatic carbocycles. The molecule has 10 nitrogen and oxygen atoms in total. The summed E-state index contributed by atoms with van der Waals surface area (Å²) in [4.78, 5) is 46.3. The molecule has 49 heavy (non-hydrogen) atoms. The first-order valence-electron chi connectivity index (χ1n) is 15.0. The molecule has 0 saturated carbocycles. The van der Waals surface area contributed by atoms with Crippen LogP contribution in [0.1, 0.15) is 45.7 Å². The van der Waals surface area contributed by atoms with Gasteiger partial charge in [0.15, 0.2) is 0 Å². The van der Waals surface area contributed by atoms with Gasteiger partial charge in [0.1, 0.15) is 23.6 Å². The van der Waals surface area contributed by atoms with E-state index >= 15 is 0 Å². The zero-order valence-corrected chi connectivity index (χ0v) is 29.0.